The Balaban J connectivity index is 1.84. The van der Waals surface area contributed by atoms with Gasteiger partial charge in [0.05, 0.1) is 27.5 Å². The molecule has 0 radical (unpaired) electrons. The number of anilines is 1. The van der Waals surface area contributed by atoms with Crippen molar-refractivity contribution in [3.8, 4) is 16.9 Å². The molecule has 1 aromatic carbocycles. The first-order chi connectivity index (χ1) is 20.0. The van der Waals surface area contributed by atoms with Crippen molar-refractivity contribution in [2.24, 2.45) is 0 Å². The molecule has 1 fully saturated rings. The minimum Gasteiger partial charge on any atom is -0.349 e. The van der Waals surface area contributed by atoms with Crippen LogP contribution in [0.1, 0.15) is 64.6 Å². The molecule has 4 heterocycles. The molecule has 2 atom stereocenters. The van der Waals surface area contributed by atoms with Gasteiger partial charge in [0.25, 0.3) is 0 Å². The van der Waals surface area contributed by atoms with Crippen molar-refractivity contribution >= 4 is 34.4 Å². The van der Waals surface area contributed by atoms with Crippen LogP contribution < -0.4 is 10.6 Å². The molecular weight excluding hydrogens is 548 g/mol. The van der Waals surface area contributed by atoms with Crippen LogP contribution in [0.5, 0.6) is 0 Å². The Bertz CT molecular complexity index is 1690. The maximum Gasteiger partial charge on any atom is 0.355 e. The molecule has 3 aromatic heterocycles. The van der Waals surface area contributed by atoms with Crippen LogP contribution in [-0.2, 0) is 4.79 Å². The third-order valence-corrected chi connectivity index (χ3v) is 8.23. The molecule has 4 aromatic rings. The summed E-state index contributed by atoms with van der Waals surface area (Å²) in [5.74, 6) is 0.571. The van der Waals surface area contributed by atoms with Crippen LogP contribution in [0.3, 0.4) is 0 Å². The molecule has 9 heteroatoms. The Morgan fingerprint density at radius 1 is 1.02 bits per heavy atom. The molecule has 8 nitrogen and oxygen atoms in total. The van der Waals surface area contributed by atoms with Crippen molar-refractivity contribution in [1.29, 1.82) is 0 Å². The van der Waals surface area contributed by atoms with Gasteiger partial charge in [-0.2, -0.15) is 4.98 Å². The summed E-state index contributed by atoms with van der Waals surface area (Å²) in [5, 5.41) is 1.12. The second-order valence-electron chi connectivity index (χ2n) is 11.6. The average Bonchev–Trinajstić information content (AvgIpc) is 2.97. The highest BCUT2D eigenvalue weighted by atomic mass is 35.5. The zero-order valence-electron chi connectivity index (χ0n) is 25.0. The summed E-state index contributed by atoms with van der Waals surface area (Å²) in [4.78, 5) is 45.1. The summed E-state index contributed by atoms with van der Waals surface area (Å²) < 4.78 is 1.62. The summed E-state index contributed by atoms with van der Waals surface area (Å²) in [5.41, 5.74) is 3.97. The minimum absolute atomic E-state index is 0.0533. The lowest BCUT2D eigenvalue weighted by molar-refractivity contribution is -0.128. The van der Waals surface area contributed by atoms with E-state index >= 15 is 0 Å². The fourth-order valence-electron chi connectivity index (χ4n) is 5.79. The molecule has 1 amide bonds. The third kappa shape index (κ3) is 5.20. The normalized spacial score (nSPS) is 17.4. The first kappa shape index (κ1) is 29.5. The summed E-state index contributed by atoms with van der Waals surface area (Å²) in [6.07, 6.45) is 3.14. The van der Waals surface area contributed by atoms with Gasteiger partial charge < -0.3 is 9.80 Å². The molecule has 0 saturated carbocycles. The predicted molar refractivity (Wildman–Crippen MR) is 170 cm³/mol. The smallest absolute Gasteiger partial charge is 0.349 e. The number of amides is 1. The van der Waals surface area contributed by atoms with Gasteiger partial charge in [0, 0.05) is 36.9 Å². The first-order valence-corrected chi connectivity index (χ1v) is 14.8. The quantitative estimate of drug-likeness (QED) is 0.245. The predicted octanol–water partition coefficient (Wildman–Crippen LogP) is 6.35. The number of piperazine rings is 1. The molecule has 0 aliphatic carbocycles. The van der Waals surface area contributed by atoms with Gasteiger partial charge in [0.2, 0.25) is 5.91 Å². The number of carbonyl (C=O) groups is 1. The summed E-state index contributed by atoms with van der Waals surface area (Å²) in [6, 6.07) is 13.3. The second-order valence-corrected chi connectivity index (χ2v) is 12.0. The van der Waals surface area contributed by atoms with Crippen molar-refractivity contribution in [3.05, 3.63) is 88.1 Å². The van der Waals surface area contributed by atoms with E-state index in [-0.39, 0.29) is 29.8 Å². The fourth-order valence-corrected chi connectivity index (χ4v) is 6.05. The maximum atomic E-state index is 14.2. The molecule has 1 saturated heterocycles. The van der Waals surface area contributed by atoms with Gasteiger partial charge in [-0.25, -0.2) is 14.3 Å². The van der Waals surface area contributed by atoms with Gasteiger partial charge in [-0.05, 0) is 49.5 Å². The van der Waals surface area contributed by atoms with Gasteiger partial charge in [0.1, 0.15) is 5.82 Å². The number of aromatic nitrogens is 4. The Labute approximate surface area is 251 Å². The number of benzene rings is 1. The standard InChI is InChI=1S/C33H37ClN6O2/c1-8-27(41)38-17-22(7)39(18-21(38)6)31-25-16-26(34)29(23-12-10-9-11-13-23)36-32(25)40(33(42)37-31)30-24(19(2)3)14-15-35-28(30)20(4)5/h8-16,19-22H,1,17-18H2,2-7H3. The zero-order chi connectivity index (χ0) is 30.3. The van der Waals surface area contributed by atoms with Gasteiger partial charge in [-0.3, -0.25) is 9.78 Å². The number of hydrogen-bond donors (Lipinski definition) is 0. The van der Waals surface area contributed by atoms with Crippen molar-refractivity contribution in [1.82, 2.24) is 24.4 Å². The Morgan fingerprint density at radius 2 is 1.74 bits per heavy atom. The van der Waals surface area contributed by atoms with Crippen molar-refractivity contribution in [3.63, 3.8) is 0 Å². The first-order valence-electron chi connectivity index (χ1n) is 14.4. The Hall–Kier alpha value is -4.04. The topological polar surface area (TPSA) is 84.2 Å². The molecule has 0 bridgehead atoms. The molecule has 218 valence electrons. The molecule has 1 aliphatic rings. The van der Waals surface area contributed by atoms with E-state index in [4.69, 9.17) is 26.6 Å². The van der Waals surface area contributed by atoms with E-state index in [1.165, 1.54) is 6.08 Å². The van der Waals surface area contributed by atoms with E-state index in [9.17, 15) is 9.59 Å². The van der Waals surface area contributed by atoms with Crippen LogP contribution in [0.15, 0.2) is 66.1 Å². The fraction of sp³-hybridized carbons (Fsp3) is 0.364. The summed E-state index contributed by atoms with van der Waals surface area (Å²) in [7, 11) is 0. The number of halogens is 1. The highest BCUT2D eigenvalue weighted by Crippen LogP contribution is 2.37. The Morgan fingerprint density at radius 3 is 2.38 bits per heavy atom. The van der Waals surface area contributed by atoms with E-state index in [2.05, 4.69) is 39.2 Å². The van der Waals surface area contributed by atoms with Crippen LogP contribution in [0.25, 0.3) is 28.0 Å². The van der Waals surface area contributed by atoms with E-state index in [0.29, 0.717) is 46.3 Å². The van der Waals surface area contributed by atoms with Gasteiger partial charge in [-0.1, -0.05) is 76.2 Å². The molecular formula is C33H37ClN6O2. The minimum atomic E-state index is -0.437. The molecule has 1 aliphatic heterocycles. The van der Waals surface area contributed by atoms with Crippen molar-refractivity contribution in [2.45, 2.75) is 65.5 Å². The van der Waals surface area contributed by atoms with Gasteiger partial charge in [-0.15, -0.1) is 0 Å². The highest BCUT2D eigenvalue weighted by molar-refractivity contribution is 6.33. The molecule has 0 spiro atoms. The summed E-state index contributed by atoms with van der Waals surface area (Å²) >= 11 is 6.93. The highest BCUT2D eigenvalue weighted by Gasteiger charge is 2.34. The van der Waals surface area contributed by atoms with Crippen LogP contribution in [0, 0.1) is 0 Å². The van der Waals surface area contributed by atoms with Crippen LogP contribution in [0.4, 0.5) is 5.82 Å². The number of rotatable bonds is 6. The Kier molecular flexibility index (Phi) is 8.19. The van der Waals surface area contributed by atoms with Crippen LogP contribution >= 0.6 is 11.6 Å². The van der Waals surface area contributed by atoms with Crippen LogP contribution in [0.2, 0.25) is 5.02 Å². The molecule has 0 N–H and O–H groups in total. The third-order valence-electron chi connectivity index (χ3n) is 7.94. The lowest BCUT2D eigenvalue weighted by Gasteiger charge is -2.44. The van der Waals surface area contributed by atoms with E-state index in [1.54, 1.807) is 15.7 Å². The SMILES string of the molecule is C=CC(=O)N1CC(C)N(c2nc(=O)n(-c3c(C(C)C)ccnc3C(C)C)c3nc(-c4ccccc4)c(Cl)cc23)CC1C. The van der Waals surface area contributed by atoms with E-state index in [1.807, 2.05) is 56.3 Å². The van der Waals surface area contributed by atoms with E-state index < -0.39 is 5.69 Å². The zero-order valence-corrected chi connectivity index (χ0v) is 25.8. The molecule has 5 rings (SSSR count). The number of fused-ring (bicyclic) bond motifs is 1. The summed E-state index contributed by atoms with van der Waals surface area (Å²) in [6.45, 7) is 17.0. The van der Waals surface area contributed by atoms with Gasteiger partial charge in [0.15, 0.2) is 5.65 Å². The monoisotopic (exact) mass is 584 g/mol. The average molecular weight is 585 g/mol. The second kappa shape index (κ2) is 11.7. The number of carbonyl (C=O) groups excluding carboxylic acids is 1. The number of nitrogens with zero attached hydrogens (tertiary/aromatic N) is 6. The molecule has 42 heavy (non-hydrogen) atoms. The van der Waals surface area contributed by atoms with E-state index in [0.717, 1.165) is 16.8 Å². The molecule has 2 unspecified atom stereocenters. The lowest BCUT2D eigenvalue weighted by Crippen LogP contribution is -2.58. The number of pyridine rings is 2. The van der Waals surface area contributed by atoms with Crippen molar-refractivity contribution in [2.75, 3.05) is 18.0 Å². The number of hydrogen-bond acceptors (Lipinski definition) is 6. The van der Waals surface area contributed by atoms with Crippen molar-refractivity contribution < 1.29 is 4.79 Å². The largest absolute Gasteiger partial charge is 0.355 e. The lowest BCUT2D eigenvalue weighted by atomic mass is 9.97. The maximum absolute atomic E-state index is 14.2. The van der Waals surface area contributed by atoms with Crippen LogP contribution in [-0.4, -0.2) is 55.5 Å². The van der Waals surface area contributed by atoms with Gasteiger partial charge >= 0.3 is 5.69 Å².